The number of nitrogens with zero attached hydrogens (tertiary/aromatic N) is 2. The molecule has 6 aromatic rings. The molecule has 2 aliphatic heterocycles. The molecule has 0 bridgehead atoms. The third kappa shape index (κ3) is 6.94. The second-order valence-corrected chi connectivity index (χ2v) is 28.1. The zero-order chi connectivity index (χ0) is 50.3. The van der Waals surface area contributed by atoms with Crippen molar-refractivity contribution in [1.82, 2.24) is 0 Å². The highest BCUT2D eigenvalue weighted by atomic mass is 16.3. The van der Waals surface area contributed by atoms with Crippen molar-refractivity contribution in [1.29, 1.82) is 0 Å². The first-order chi connectivity index (χ1) is 33.2. The van der Waals surface area contributed by atoms with E-state index >= 15 is 0 Å². The summed E-state index contributed by atoms with van der Waals surface area (Å²) in [4.78, 5) is 5.40. The lowest BCUT2D eigenvalue weighted by molar-refractivity contribution is 0.332. The highest BCUT2D eigenvalue weighted by molar-refractivity contribution is 6.99. The van der Waals surface area contributed by atoms with Crippen LogP contribution in [0.2, 0.25) is 0 Å². The molecule has 3 heterocycles. The smallest absolute Gasteiger partial charge is 0.297 e. The van der Waals surface area contributed by atoms with Gasteiger partial charge in [-0.15, -0.1) is 0 Å². The number of hydrogen-bond donors (Lipinski definition) is 0. The average molecular weight is 939 g/mol. The largest absolute Gasteiger partial charge is 0.472 e. The van der Waals surface area contributed by atoms with Crippen LogP contribution in [-0.2, 0) is 38.9 Å². The summed E-state index contributed by atoms with van der Waals surface area (Å²) in [6.45, 7) is 39.0. The van der Waals surface area contributed by atoms with Crippen LogP contribution in [0.3, 0.4) is 0 Å². The molecule has 0 atom stereocenters. The zero-order valence-corrected chi connectivity index (χ0v) is 46.2. The number of fused-ring (bicyclic) bond motifs is 9. The molecule has 0 saturated carbocycles. The van der Waals surface area contributed by atoms with Crippen LogP contribution in [0.1, 0.15) is 199 Å². The minimum Gasteiger partial charge on any atom is -0.472 e. The van der Waals surface area contributed by atoms with Gasteiger partial charge in [-0.25, -0.2) is 0 Å². The molecule has 0 saturated heterocycles. The van der Waals surface area contributed by atoms with Gasteiger partial charge in [-0.2, -0.15) is 0 Å². The lowest BCUT2D eigenvalue weighted by Gasteiger charge is -2.47. The van der Waals surface area contributed by atoms with Crippen molar-refractivity contribution in [2.24, 2.45) is 5.41 Å². The summed E-state index contributed by atoms with van der Waals surface area (Å²) >= 11 is 0. The van der Waals surface area contributed by atoms with Crippen molar-refractivity contribution < 1.29 is 4.42 Å². The Balaban J connectivity index is 1.24. The molecule has 1 aromatic heterocycles. The Hall–Kier alpha value is -5.22. The first-order valence-electron chi connectivity index (χ1n) is 27.4. The topological polar surface area (TPSA) is 19.6 Å². The van der Waals surface area contributed by atoms with E-state index in [1.807, 2.05) is 0 Å². The number of anilines is 6. The maximum Gasteiger partial charge on any atom is 0.297 e. The monoisotopic (exact) mass is 939 g/mol. The minimum atomic E-state index is -0.104. The van der Waals surface area contributed by atoms with Crippen molar-refractivity contribution in [3.05, 3.63) is 141 Å². The minimum absolute atomic E-state index is 0.0308. The molecule has 0 spiro atoms. The highest BCUT2D eigenvalue weighted by Crippen LogP contribution is 2.56. The van der Waals surface area contributed by atoms with Gasteiger partial charge in [0.2, 0.25) is 0 Å². The van der Waals surface area contributed by atoms with Crippen molar-refractivity contribution in [3.8, 4) is 11.1 Å². The van der Waals surface area contributed by atoms with E-state index in [1.165, 1.54) is 132 Å². The van der Waals surface area contributed by atoms with Crippen molar-refractivity contribution in [2.75, 3.05) is 9.80 Å². The Bertz CT molecular complexity index is 3280. The van der Waals surface area contributed by atoms with Crippen molar-refractivity contribution in [3.63, 3.8) is 0 Å². The van der Waals surface area contributed by atoms with Gasteiger partial charge in [0.1, 0.15) is 5.76 Å². The molecule has 366 valence electrons. The van der Waals surface area contributed by atoms with Gasteiger partial charge in [0.15, 0.2) is 0 Å². The molecular formula is C67H79BN2O. The molecule has 0 unspecified atom stereocenters. The maximum atomic E-state index is 7.67. The second kappa shape index (κ2) is 14.9. The van der Waals surface area contributed by atoms with Crippen molar-refractivity contribution in [2.45, 2.75) is 195 Å². The van der Waals surface area contributed by atoms with Crippen LogP contribution in [0.5, 0.6) is 0 Å². The fourth-order valence-corrected chi connectivity index (χ4v) is 14.4. The van der Waals surface area contributed by atoms with Crippen LogP contribution in [0.15, 0.2) is 94.9 Å². The van der Waals surface area contributed by atoms with Crippen LogP contribution in [0, 0.1) is 12.3 Å². The van der Waals surface area contributed by atoms with E-state index in [4.69, 9.17) is 4.42 Å². The number of rotatable bonds is 3. The predicted octanol–water partition coefficient (Wildman–Crippen LogP) is 16.8. The molecule has 0 amide bonds. The number of benzene rings is 5. The van der Waals surface area contributed by atoms with Gasteiger partial charge in [-0.3, -0.25) is 0 Å². The first-order valence-corrected chi connectivity index (χ1v) is 27.4. The Morgan fingerprint density at radius 1 is 0.507 bits per heavy atom. The molecule has 0 fully saturated rings. The molecule has 6 aliphatic rings. The van der Waals surface area contributed by atoms with Crippen LogP contribution in [0.4, 0.5) is 34.1 Å². The Morgan fingerprint density at radius 2 is 0.986 bits per heavy atom. The Labute approximate surface area is 427 Å². The highest BCUT2D eigenvalue weighted by Gasteiger charge is 2.51. The van der Waals surface area contributed by atoms with E-state index in [9.17, 15) is 0 Å². The molecule has 71 heavy (non-hydrogen) atoms. The standard InChI is InChI=1S/C67H79BN2O/c1-40-19-17-18-20-45(40)41-33-55-58-56(34-41)70(44-23-25-48-50(37-44)65(11,12)30-28-63(48,7)8)59-46-35-42(61(2,3)4)21-26-57(46)71-60(59)68(58)53-38-51-52(67(15,16)32-31-66(51,13)14)39-54(53)69(55)43-22-24-47-49(36-43)64(9,10)29-27-62(47,5)6/h17-20,22-25,33-39H,21,26-32H2,1-16H3. The molecule has 4 heteroatoms. The maximum absolute atomic E-state index is 7.67. The van der Waals surface area contributed by atoms with Gasteiger partial charge in [0.25, 0.3) is 6.71 Å². The second-order valence-electron chi connectivity index (χ2n) is 28.1. The van der Waals surface area contributed by atoms with E-state index in [0.717, 1.165) is 37.1 Å². The van der Waals surface area contributed by atoms with Gasteiger partial charge >= 0.3 is 0 Å². The van der Waals surface area contributed by atoms with Gasteiger partial charge in [-0.05, 0) is 199 Å². The fraction of sp³-hybridized carbons (Fsp3) is 0.463. The average Bonchev–Trinajstić information content (AvgIpc) is 3.69. The Morgan fingerprint density at radius 3 is 1.52 bits per heavy atom. The summed E-state index contributed by atoms with van der Waals surface area (Å²) in [6, 6.07) is 34.6. The van der Waals surface area contributed by atoms with Gasteiger partial charge < -0.3 is 14.2 Å². The first kappa shape index (κ1) is 46.8. The quantitative estimate of drug-likeness (QED) is 0.165. The summed E-state index contributed by atoms with van der Waals surface area (Å²) in [5.74, 6) is 1.13. The SMILES string of the molecule is Cc1ccccc1-c1cc2c3c(c1)N(c1ccc4c(c1)C(C)(C)CCC4(C)C)c1c(oc4c1C=C(C(C)(C)C)CC4)B3c1cc3c(cc1N2c1ccc2c(c1)C(C)(C)CCC2(C)C)C(C)(C)CCC3(C)C. The summed E-state index contributed by atoms with van der Waals surface area (Å²) in [5, 5.41) is 0. The lowest BCUT2D eigenvalue weighted by Crippen LogP contribution is -2.61. The normalized spacial score (nSPS) is 21.2. The van der Waals surface area contributed by atoms with E-state index < -0.39 is 0 Å². The van der Waals surface area contributed by atoms with E-state index in [-0.39, 0.29) is 44.6 Å². The van der Waals surface area contributed by atoms with E-state index in [2.05, 4.69) is 212 Å². The van der Waals surface area contributed by atoms with Crippen LogP contribution < -0.4 is 26.4 Å². The molecular weight excluding hydrogens is 860 g/mol. The zero-order valence-electron chi connectivity index (χ0n) is 46.2. The van der Waals surface area contributed by atoms with Crippen LogP contribution in [0.25, 0.3) is 17.2 Å². The molecule has 4 aliphatic carbocycles. The molecule has 0 N–H and O–H groups in total. The molecule has 5 aromatic carbocycles. The lowest BCUT2D eigenvalue weighted by atomic mass is 9.35. The predicted molar refractivity (Wildman–Crippen MR) is 305 cm³/mol. The third-order valence-corrected chi connectivity index (χ3v) is 19.5. The molecule has 3 nitrogen and oxygen atoms in total. The summed E-state index contributed by atoms with van der Waals surface area (Å²) in [5.41, 5.74) is 27.3. The summed E-state index contributed by atoms with van der Waals surface area (Å²) < 4.78 is 7.67. The number of hydrogen-bond acceptors (Lipinski definition) is 3. The number of allylic oxidation sites excluding steroid dienone is 1. The fourth-order valence-electron chi connectivity index (χ4n) is 14.4. The van der Waals surface area contributed by atoms with Crippen molar-refractivity contribution >= 4 is 63.5 Å². The third-order valence-electron chi connectivity index (χ3n) is 19.5. The van der Waals surface area contributed by atoms with Gasteiger partial charge in [-0.1, -0.05) is 152 Å². The van der Waals surface area contributed by atoms with Crippen LogP contribution >= 0.6 is 0 Å². The van der Waals surface area contributed by atoms with Gasteiger partial charge in [0.05, 0.1) is 11.3 Å². The van der Waals surface area contributed by atoms with E-state index in [1.54, 1.807) is 0 Å². The summed E-state index contributed by atoms with van der Waals surface area (Å²) in [7, 11) is 0. The number of furan rings is 1. The Kier molecular flexibility index (Phi) is 9.86. The molecule has 12 rings (SSSR count). The van der Waals surface area contributed by atoms with Crippen LogP contribution in [-0.4, -0.2) is 6.71 Å². The van der Waals surface area contributed by atoms with E-state index in [0.29, 0.717) is 0 Å². The summed E-state index contributed by atoms with van der Waals surface area (Å²) in [6.07, 6.45) is 11.5. The van der Waals surface area contributed by atoms with Gasteiger partial charge in [0, 0.05) is 40.4 Å². The molecule has 0 radical (unpaired) electrons. The number of aryl methyl sites for hydroxylation is 2.